The number of anilines is 2. The number of nitrogens with zero attached hydrogens (tertiary/aromatic N) is 3. The molecule has 2 aromatic rings. The van der Waals surface area contributed by atoms with Crippen LogP contribution in [0.15, 0.2) is 24.3 Å². The Balaban J connectivity index is 2.25. The number of carbonyl (C=O) groups is 1. The highest BCUT2D eigenvalue weighted by Crippen LogP contribution is 2.30. The number of aryl methyl sites for hydroxylation is 1. The molecule has 0 aliphatic carbocycles. The molecule has 0 atom stereocenters. The van der Waals surface area contributed by atoms with E-state index in [-0.39, 0.29) is 5.91 Å². The number of hydrogen-bond acceptors (Lipinski definition) is 6. The Hall–Kier alpha value is -2.83. The van der Waals surface area contributed by atoms with Gasteiger partial charge in [-0.3, -0.25) is 4.79 Å². The molecule has 0 aliphatic heterocycles. The Kier molecular flexibility index (Phi) is 7.40. The number of hydrogen-bond donors (Lipinski definition) is 1. The van der Waals surface area contributed by atoms with Crippen molar-refractivity contribution in [3.8, 4) is 11.5 Å². The van der Waals surface area contributed by atoms with E-state index in [2.05, 4.69) is 34.0 Å². The zero-order valence-corrected chi connectivity index (χ0v) is 16.7. The van der Waals surface area contributed by atoms with Gasteiger partial charge in [-0.1, -0.05) is 13.8 Å². The summed E-state index contributed by atoms with van der Waals surface area (Å²) < 4.78 is 10.5. The SMILES string of the molecule is CCCN(CCC)c1cc(C(=O)Nc2ccc(OC)c(OC)c2)nc(C)n1. The fraction of sp³-hybridized carbons (Fsp3) is 0.450. The molecule has 0 saturated carbocycles. The van der Waals surface area contributed by atoms with Gasteiger partial charge in [0.25, 0.3) is 5.91 Å². The van der Waals surface area contributed by atoms with Crippen LogP contribution in [0, 0.1) is 6.92 Å². The van der Waals surface area contributed by atoms with E-state index < -0.39 is 0 Å². The van der Waals surface area contributed by atoms with Crippen LogP contribution >= 0.6 is 0 Å². The van der Waals surface area contributed by atoms with Crippen LogP contribution in [0.4, 0.5) is 11.5 Å². The van der Waals surface area contributed by atoms with Crippen LogP contribution in [0.5, 0.6) is 11.5 Å². The molecule has 146 valence electrons. The molecule has 1 aromatic heterocycles. The quantitative estimate of drug-likeness (QED) is 0.723. The molecule has 0 spiro atoms. The maximum atomic E-state index is 12.7. The van der Waals surface area contributed by atoms with E-state index in [0.717, 1.165) is 31.7 Å². The van der Waals surface area contributed by atoms with E-state index >= 15 is 0 Å². The summed E-state index contributed by atoms with van der Waals surface area (Å²) in [7, 11) is 3.12. The third-order valence-corrected chi connectivity index (χ3v) is 4.01. The Morgan fingerprint density at radius 1 is 1.04 bits per heavy atom. The number of aromatic nitrogens is 2. The number of amides is 1. The van der Waals surface area contributed by atoms with Crippen LogP contribution in [0.1, 0.15) is 43.0 Å². The van der Waals surface area contributed by atoms with Gasteiger partial charge < -0.3 is 19.7 Å². The van der Waals surface area contributed by atoms with Gasteiger partial charge in [-0.05, 0) is 31.9 Å². The van der Waals surface area contributed by atoms with Crippen LogP contribution in [0.3, 0.4) is 0 Å². The van der Waals surface area contributed by atoms with Crippen molar-refractivity contribution in [2.75, 3.05) is 37.5 Å². The van der Waals surface area contributed by atoms with E-state index in [1.807, 2.05) is 0 Å². The van der Waals surface area contributed by atoms with Gasteiger partial charge in [-0.2, -0.15) is 0 Å². The third kappa shape index (κ3) is 5.32. The molecule has 2 rings (SSSR count). The lowest BCUT2D eigenvalue weighted by molar-refractivity contribution is 0.102. The first kappa shape index (κ1) is 20.5. The van der Waals surface area contributed by atoms with Crippen molar-refractivity contribution >= 4 is 17.4 Å². The molecule has 1 heterocycles. The molecule has 7 heteroatoms. The van der Waals surface area contributed by atoms with Crippen molar-refractivity contribution in [2.45, 2.75) is 33.6 Å². The number of benzene rings is 1. The number of rotatable bonds is 9. The van der Waals surface area contributed by atoms with Gasteiger partial charge in [0.1, 0.15) is 17.3 Å². The number of ether oxygens (including phenoxy) is 2. The standard InChI is InChI=1S/C20H28N4O3/c1-6-10-24(11-7-2)19-13-16(21-14(3)22-19)20(25)23-15-8-9-17(26-4)18(12-15)27-5/h8-9,12-13H,6-7,10-11H2,1-5H3,(H,23,25). The van der Waals surface area contributed by atoms with Crippen LogP contribution in [0.2, 0.25) is 0 Å². The van der Waals surface area contributed by atoms with E-state index in [1.54, 1.807) is 45.4 Å². The topological polar surface area (TPSA) is 76.6 Å². The smallest absolute Gasteiger partial charge is 0.274 e. The molecule has 1 amide bonds. The van der Waals surface area contributed by atoms with Crippen molar-refractivity contribution in [3.05, 3.63) is 35.8 Å². The predicted octanol–water partition coefficient (Wildman–Crippen LogP) is 3.68. The number of methoxy groups -OCH3 is 2. The van der Waals surface area contributed by atoms with Gasteiger partial charge in [0.15, 0.2) is 11.5 Å². The lowest BCUT2D eigenvalue weighted by Crippen LogP contribution is -2.27. The Morgan fingerprint density at radius 2 is 1.70 bits per heavy atom. The monoisotopic (exact) mass is 372 g/mol. The highest BCUT2D eigenvalue weighted by Gasteiger charge is 2.15. The second-order valence-corrected chi connectivity index (χ2v) is 6.17. The summed E-state index contributed by atoms with van der Waals surface area (Å²) in [5.41, 5.74) is 0.943. The van der Waals surface area contributed by atoms with Gasteiger partial charge in [-0.25, -0.2) is 9.97 Å². The normalized spacial score (nSPS) is 10.4. The van der Waals surface area contributed by atoms with Crippen molar-refractivity contribution in [1.29, 1.82) is 0 Å². The molecule has 0 radical (unpaired) electrons. The molecule has 0 aliphatic rings. The minimum Gasteiger partial charge on any atom is -0.493 e. The summed E-state index contributed by atoms with van der Waals surface area (Å²) in [6.45, 7) is 7.83. The Bertz CT molecular complexity index is 774. The molecular weight excluding hydrogens is 344 g/mol. The van der Waals surface area contributed by atoms with Crippen molar-refractivity contribution < 1.29 is 14.3 Å². The Labute approximate surface area is 160 Å². The summed E-state index contributed by atoms with van der Waals surface area (Å²) in [5, 5.41) is 2.86. The first-order valence-electron chi connectivity index (χ1n) is 9.16. The van der Waals surface area contributed by atoms with Gasteiger partial charge >= 0.3 is 0 Å². The summed E-state index contributed by atoms with van der Waals surface area (Å²) in [5.74, 6) is 2.21. The highest BCUT2D eigenvalue weighted by atomic mass is 16.5. The maximum Gasteiger partial charge on any atom is 0.274 e. The number of carbonyl (C=O) groups excluding carboxylic acids is 1. The summed E-state index contributed by atoms with van der Waals surface area (Å²) in [6.07, 6.45) is 2.02. The lowest BCUT2D eigenvalue weighted by atomic mass is 10.2. The van der Waals surface area contributed by atoms with E-state index in [1.165, 1.54) is 0 Å². The zero-order chi connectivity index (χ0) is 19.8. The van der Waals surface area contributed by atoms with Crippen molar-refractivity contribution in [2.24, 2.45) is 0 Å². The van der Waals surface area contributed by atoms with Gasteiger partial charge in [0.05, 0.1) is 14.2 Å². The van der Waals surface area contributed by atoms with Crippen LogP contribution in [0.25, 0.3) is 0 Å². The average molecular weight is 372 g/mol. The van der Waals surface area contributed by atoms with Crippen LogP contribution in [-0.2, 0) is 0 Å². The summed E-state index contributed by atoms with van der Waals surface area (Å²) in [6, 6.07) is 6.96. The maximum absolute atomic E-state index is 12.7. The number of nitrogens with one attached hydrogen (secondary N) is 1. The van der Waals surface area contributed by atoms with Gasteiger partial charge in [0.2, 0.25) is 0 Å². The first-order chi connectivity index (χ1) is 13.0. The van der Waals surface area contributed by atoms with Crippen molar-refractivity contribution in [3.63, 3.8) is 0 Å². The van der Waals surface area contributed by atoms with E-state index in [9.17, 15) is 4.79 Å². The fourth-order valence-electron chi connectivity index (χ4n) is 2.82. The van der Waals surface area contributed by atoms with Crippen LogP contribution < -0.4 is 19.7 Å². The minimum atomic E-state index is -0.290. The van der Waals surface area contributed by atoms with Gasteiger partial charge in [-0.15, -0.1) is 0 Å². The first-order valence-corrected chi connectivity index (χ1v) is 9.16. The van der Waals surface area contributed by atoms with E-state index in [4.69, 9.17) is 9.47 Å². The molecule has 27 heavy (non-hydrogen) atoms. The molecule has 1 aromatic carbocycles. The summed E-state index contributed by atoms with van der Waals surface area (Å²) >= 11 is 0. The fourth-order valence-corrected chi connectivity index (χ4v) is 2.82. The molecule has 7 nitrogen and oxygen atoms in total. The van der Waals surface area contributed by atoms with Gasteiger partial charge in [0, 0.05) is 30.9 Å². The zero-order valence-electron chi connectivity index (χ0n) is 16.7. The average Bonchev–Trinajstić information content (AvgIpc) is 2.67. The highest BCUT2D eigenvalue weighted by molar-refractivity contribution is 6.03. The van der Waals surface area contributed by atoms with E-state index in [0.29, 0.717) is 28.7 Å². The third-order valence-electron chi connectivity index (χ3n) is 4.01. The lowest BCUT2D eigenvalue weighted by Gasteiger charge is -2.23. The predicted molar refractivity (Wildman–Crippen MR) is 107 cm³/mol. The van der Waals surface area contributed by atoms with Crippen molar-refractivity contribution in [1.82, 2.24) is 9.97 Å². The minimum absolute atomic E-state index is 0.290. The molecule has 0 saturated heterocycles. The van der Waals surface area contributed by atoms with Crippen LogP contribution in [-0.4, -0.2) is 43.2 Å². The molecule has 1 N–H and O–H groups in total. The second kappa shape index (κ2) is 9.75. The molecule has 0 fully saturated rings. The molecule has 0 bridgehead atoms. The molecule has 0 unspecified atom stereocenters. The summed E-state index contributed by atoms with van der Waals surface area (Å²) in [4.78, 5) is 23.7. The molecular formula is C20H28N4O3. The largest absolute Gasteiger partial charge is 0.493 e. The Morgan fingerprint density at radius 3 is 2.30 bits per heavy atom. The second-order valence-electron chi connectivity index (χ2n) is 6.17.